The molecule has 2 aliphatic rings. The van der Waals surface area contributed by atoms with Crippen LogP contribution in [-0.4, -0.2) is 47.4 Å². The number of nitrogens with zero attached hydrogens (tertiary/aromatic N) is 3. The van der Waals surface area contributed by atoms with E-state index in [1.165, 1.54) is 6.07 Å². The lowest BCUT2D eigenvalue weighted by Gasteiger charge is -2.37. The van der Waals surface area contributed by atoms with E-state index in [0.29, 0.717) is 18.1 Å². The molecule has 2 aromatic carbocycles. The summed E-state index contributed by atoms with van der Waals surface area (Å²) in [4.78, 5) is 36.7. The number of pyridine rings is 1. The van der Waals surface area contributed by atoms with Crippen molar-refractivity contribution in [2.75, 3.05) is 24.5 Å². The van der Waals surface area contributed by atoms with Crippen molar-refractivity contribution in [3.8, 4) is 11.1 Å². The maximum atomic E-state index is 13.3. The van der Waals surface area contributed by atoms with Gasteiger partial charge < -0.3 is 4.74 Å². The van der Waals surface area contributed by atoms with Crippen molar-refractivity contribution >= 4 is 29.5 Å². The minimum atomic E-state index is -0.497. The van der Waals surface area contributed by atoms with Crippen LogP contribution in [0.1, 0.15) is 24.0 Å². The number of rotatable bonds is 4. The molecule has 7 nitrogen and oxygen atoms in total. The first-order valence-electron chi connectivity index (χ1n) is 11.5. The summed E-state index contributed by atoms with van der Waals surface area (Å²) < 4.78 is 19.2. The van der Waals surface area contributed by atoms with E-state index < -0.39 is 11.5 Å². The fourth-order valence-electron chi connectivity index (χ4n) is 4.71. The molecule has 1 aromatic heterocycles. The van der Waals surface area contributed by atoms with Crippen molar-refractivity contribution in [3.63, 3.8) is 0 Å². The van der Waals surface area contributed by atoms with Crippen LogP contribution in [0.25, 0.3) is 11.1 Å². The molecule has 2 aliphatic heterocycles. The summed E-state index contributed by atoms with van der Waals surface area (Å²) in [5, 5.41) is 0.709. The quantitative estimate of drug-likeness (QED) is 0.446. The number of likely N-dealkylation sites (tertiary alicyclic amines) is 1. The highest BCUT2D eigenvalue weighted by Gasteiger charge is 2.47. The first-order chi connectivity index (χ1) is 17.3. The van der Waals surface area contributed by atoms with Crippen LogP contribution in [0.2, 0.25) is 5.02 Å². The molecule has 0 atom stereocenters. The zero-order chi connectivity index (χ0) is 25.7. The minimum absolute atomic E-state index is 0.250. The molecule has 0 N–H and O–H groups in total. The van der Waals surface area contributed by atoms with E-state index in [1.807, 2.05) is 49.4 Å². The van der Waals surface area contributed by atoms with Crippen molar-refractivity contribution in [1.29, 1.82) is 0 Å². The second kappa shape index (κ2) is 11.0. The zero-order valence-corrected chi connectivity index (χ0v) is 20.5. The highest BCUT2D eigenvalue weighted by Crippen LogP contribution is 2.37. The molecule has 1 amide bonds. The molecular formula is C27H25ClFN3O4. The van der Waals surface area contributed by atoms with Gasteiger partial charge in [0.25, 0.3) is 0 Å². The number of ether oxygens (including phenoxy) is 1. The smallest absolute Gasteiger partial charge is 0.415 e. The number of anilines is 1. The Morgan fingerprint density at radius 1 is 1.11 bits per heavy atom. The first kappa shape index (κ1) is 25.5. The molecule has 2 fully saturated rings. The number of hydrogen-bond acceptors (Lipinski definition) is 6. The lowest BCUT2D eigenvalue weighted by atomic mass is 9.90. The van der Waals surface area contributed by atoms with Crippen LogP contribution in [0.3, 0.4) is 0 Å². The Morgan fingerprint density at radius 3 is 2.44 bits per heavy atom. The number of carbonyl (C=O) groups excluding carboxylic acids is 3. The second-order valence-electron chi connectivity index (χ2n) is 8.96. The second-order valence-corrected chi connectivity index (χ2v) is 9.37. The summed E-state index contributed by atoms with van der Waals surface area (Å²) in [6.07, 6.45) is 3.08. The summed E-state index contributed by atoms with van der Waals surface area (Å²) >= 11 is 6.45. The van der Waals surface area contributed by atoms with Crippen LogP contribution in [0.5, 0.6) is 0 Å². The third-order valence-corrected chi connectivity index (χ3v) is 7.03. The van der Waals surface area contributed by atoms with Crippen LogP contribution >= 0.6 is 11.6 Å². The van der Waals surface area contributed by atoms with Gasteiger partial charge in [-0.05, 0) is 60.0 Å². The number of piperidine rings is 1. The zero-order valence-electron chi connectivity index (χ0n) is 19.7. The largest absolute Gasteiger partial charge is 0.441 e. The van der Waals surface area contributed by atoms with Crippen molar-refractivity contribution in [2.24, 2.45) is 0 Å². The Labute approximate surface area is 213 Å². The van der Waals surface area contributed by atoms with Gasteiger partial charge in [0.05, 0.1) is 6.54 Å². The third kappa shape index (κ3) is 5.62. The average molecular weight is 510 g/mol. The average Bonchev–Trinajstić information content (AvgIpc) is 3.20. The summed E-state index contributed by atoms with van der Waals surface area (Å²) in [6, 6.07) is 16.8. The highest BCUT2D eigenvalue weighted by molar-refractivity contribution is 6.31. The summed E-state index contributed by atoms with van der Waals surface area (Å²) in [5.74, 6) is -0.497. The molecular weight excluding hydrogens is 485 g/mol. The molecule has 0 saturated carbocycles. The van der Waals surface area contributed by atoms with Crippen LogP contribution < -0.4 is 4.90 Å². The topological polar surface area (TPSA) is 79.8 Å². The predicted octanol–water partition coefficient (Wildman–Crippen LogP) is 5.26. The number of aryl methyl sites for hydroxylation is 1. The van der Waals surface area contributed by atoms with Crippen molar-refractivity contribution in [2.45, 2.75) is 31.9 Å². The molecule has 1 spiro atoms. The van der Waals surface area contributed by atoms with E-state index in [2.05, 4.69) is 9.88 Å². The Kier molecular flexibility index (Phi) is 7.79. The van der Waals surface area contributed by atoms with E-state index >= 15 is 0 Å². The lowest BCUT2D eigenvalue weighted by Crippen LogP contribution is -2.46. The molecule has 36 heavy (non-hydrogen) atoms. The van der Waals surface area contributed by atoms with Crippen molar-refractivity contribution in [1.82, 2.24) is 9.88 Å². The minimum Gasteiger partial charge on any atom is -0.441 e. The van der Waals surface area contributed by atoms with Gasteiger partial charge in [-0.15, -0.1) is 0 Å². The van der Waals surface area contributed by atoms with Crippen LogP contribution in [0.4, 0.5) is 14.9 Å². The highest BCUT2D eigenvalue weighted by atomic mass is 35.5. The van der Waals surface area contributed by atoms with Crippen LogP contribution in [0.15, 0.2) is 60.8 Å². The fourth-order valence-corrected chi connectivity index (χ4v) is 4.89. The van der Waals surface area contributed by atoms with E-state index in [4.69, 9.17) is 25.9 Å². The maximum absolute atomic E-state index is 13.3. The van der Waals surface area contributed by atoms with Gasteiger partial charge in [-0.25, -0.2) is 9.78 Å². The summed E-state index contributed by atoms with van der Waals surface area (Å²) in [7, 11) is 0. The molecule has 186 valence electrons. The fraction of sp³-hybridized carbons (Fsp3) is 0.296. The molecule has 3 aromatic rings. The predicted molar refractivity (Wildman–Crippen MR) is 132 cm³/mol. The molecule has 5 rings (SSSR count). The van der Waals surface area contributed by atoms with Gasteiger partial charge >= 0.3 is 12.2 Å². The standard InChI is InChI=1S/C26H25ClFN3O2.CO2/c1-18-13-22(19-7-8-24(28)29-15-19)20(14-23(18)27)16-30-11-9-26(10-12-30)17-31(25(32)33-26)21-5-3-2-4-6-21;2-1-3/h2-8,13-15H,9-12,16-17H2,1H3;. The number of aromatic nitrogens is 1. The number of benzene rings is 2. The maximum Gasteiger partial charge on any atom is 0.415 e. The summed E-state index contributed by atoms with van der Waals surface area (Å²) in [6.45, 7) is 4.86. The number of halogens is 2. The van der Waals surface area contributed by atoms with Gasteiger partial charge in [-0.1, -0.05) is 29.8 Å². The lowest BCUT2D eigenvalue weighted by molar-refractivity contribution is -0.191. The molecule has 0 unspecified atom stereocenters. The number of carbonyl (C=O) groups is 1. The van der Waals surface area contributed by atoms with Gasteiger partial charge in [0.2, 0.25) is 5.95 Å². The first-order valence-corrected chi connectivity index (χ1v) is 11.9. The summed E-state index contributed by atoms with van der Waals surface area (Å²) in [5.41, 5.74) is 4.34. The van der Waals surface area contributed by atoms with E-state index in [0.717, 1.165) is 53.9 Å². The Bertz CT molecular complexity index is 1260. The van der Waals surface area contributed by atoms with Crippen molar-refractivity contribution < 1.29 is 23.5 Å². The van der Waals surface area contributed by atoms with E-state index in [9.17, 15) is 9.18 Å². The van der Waals surface area contributed by atoms with Gasteiger partial charge in [0, 0.05) is 54.9 Å². The van der Waals surface area contributed by atoms with Gasteiger partial charge in [-0.2, -0.15) is 14.0 Å². The van der Waals surface area contributed by atoms with E-state index in [-0.39, 0.29) is 12.2 Å². The molecule has 2 saturated heterocycles. The number of para-hydroxylation sites is 1. The molecule has 0 radical (unpaired) electrons. The Balaban J connectivity index is 0.000000967. The van der Waals surface area contributed by atoms with E-state index in [1.54, 1.807) is 17.2 Å². The molecule has 0 bridgehead atoms. The SMILES string of the molecule is Cc1cc(-c2ccc(F)nc2)c(CN2CCC3(CC2)CN(c2ccccc2)C(=O)O3)cc1Cl.O=C=O. The van der Waals surface area contributed by atoms with Crippen molar-refractivity contribution in [3.05, 3.63) is 82.9 Å². The molecule has 0 aliphatic carbocycles. The third-order valence-electron chi connectivity index (χ3n) is 6.62. The Morgan fingerprint density at radius 2 is 1.81 bits per heavy atom. The monoisotopic (exact) mass is 509 g/mol. The normalized spacial score (nSPS) is 16.8. The molecule has 3 heterocycles. The van der Waals surface area contributed by atoms with Crippen LogP contribution in [0, 0.1) is 12.9 Å². The Hall–Kier alpha value is -3.58. The van der Waals surface area contributed by atoms with Crippen LogP contribution in [-0.2, 0) is 20.9 Å². The molecule has 9 heteroatoms. The van der Waals surface area contributed by atoms with Gasteiger partial charge in [0.15, 0.2) is 0 Å². The van der Waals surface area contributed by atoms with Gasteiger partial charge in [0.1, 0.15) is 5.60 Å². The number of hydrogen-bond donors (Lipinski definition) is 0. The number of amides is 1. The van der Waals surface area contributed by atoms with Gasteiger partial charge in [-0.3, -0.25) is 9.80 Å².